The van der Waals surface area contributed by atoms with Crippen LogP contribution >= 0.6 is 0 Å². The smallest absolute Gasteiger partial charge is 0.0911 e. The van der Waals surface area contributed by atoms with E-state index in [4.69, 9.17) is 0 Å². The Bertz CT molecular complexity index is 747. The van der Waals surface area contributed by atoms with Gasteiger partial charge in [-0.2, -0.15) is 0 Å². The van der Waals surface area contributed by atoms with Gasteiger partial charge in [0.25, 0.3) is 0 Å². The molecule has 0 bridgehead atoms. The average Bonchev–Trinajstić information content (AvgIpc) is 2.61. The van der Waals surface area contributed by atoms with E-state index >= 15 is 0 Å². The van der Waals surface area contributed by atoms with E-state index in [1.165, 1.54) is 5.56 Å². The third kappa shape index (κ3) is 3.23. The van der Waals surface area contributed by atoms with Crippen LogP contribution in [0.4, 0.5) is 0 Å². The molecular formula is C20H17NO. The molecular weight excluding hydrogens is 270 g/mol. The van der Waals surface area contributed by atoms with Crippen molar-refractivity contribution in [3.63, 3.8) is 0 Å². The first kappa shape index (κ1) is 14.1. The van der Waals surface area contributed by atoms with Crippen LogP contribution in [0.25, 0.3) is 11.1 Å². The molecule has 22 heavy (non-hydrogen) atoms. The van der Waals surface area contributed by atoms with Gasteiger partial charge in [-0.25, -0.2) is 0 Å². The molecule has 0 radical (unpaired) electrons. The molecule has 0 atom stereocenters. The number of nitrogens with zero attached hydrogens (tertiary/aromatic N) is 1. The molecule has 0 heterocycles. The van der Waals surface area contributed by atoms with Crippen molar-refractivity contribution in [3.05, 3.63) is 96.1 Å². The molecule has 0 amide bonds. The van der Waals surface area contributed by atoms with Gasteiger partial charge in [-0.3, -0.25) is 0 Å². The van der Waals surface area contributed by atoms with Crippen molar-refractivity contribution < 1.29 is 5.21 Å². The summed E-state index contributed by atoms with van der Waals surface area (Å²) in [6.45, 7) is 0. The minimum absolute atomic E-state index is 0.613. The monoisotopic (exact) mass is 287 g/mol. The standard InChI is InChI=1S/C20H17NO/c22-21-20(15-16-7-3-1-4-8-16)19-13-11-18(12-14-19)17-9-5-2-6-10-17/h1-14,22H,15H2. The van der Waals surface area contributed by atoms with Crippen LogP contribution in [-0.2, 0) is 6.42 Å². The van der Waals surface area contributed by atoms with Crippen molar-refractivity contribution in [2.75, 3.05) is 0 Å². The molecule has 3 rings (SSSR count). The normalized spacial score (nSPS) is 11.4. The van der Waals surface area contributed by atoms with Gasteiger partial charge in [-0.15, -0.1) is 0 Å². The summed E-state index contributed by atoms with van der Waals surface area (Å²) >= 11 is 0. The van der Waals surface area contributed by atoms with E-state index in [-0.39, 0.29) is 0 Å². The fourth-order valence-corrected chi connectivity index (χ4v) is 2.47. The van der Waals surface area contributed by atoms with Crippen LogP contribution < -0.4 is 0 Å². The SMILES string of the molecule is ON=C(Cc1ccccc1)c1ccc(-c2ccccc2)cc1. The minimum Gasteiger partial charge on any atom is -0.411 e. The molecule has 3 aromatic rings. The summed E-state index contributed by atoms with van der Waals surface area (Å²) in [5, 5.41) is 12.8. The maximum Gasteiger partial charge on any atom is 0.0911 e. The van der Waals surface area contributed by atoms with Gasteiger partial charge >= 0.3 is 0 Å². The van der Waals surface area contributed by atoms with Crippen LogP contribution in [0.2, 0.25) is 0 Å². The first-order chi connectivity index (χ1) is 10.9. The van der Waals surface area contributed by atoms with Crippen LogP contribution in [0.5, 0.6) is 0 Å². The number of hydrogen-bond acceptors (Lipinski definition) is 2. The Kier molecular flexibility index (Phi) is 4.30. The van der Waals surface area contributed by atoms with Crippen molar-refractivity contribution in [2.45, 2.75) is 6.42 Å². The van der Waals surface area contributed by atoms with Gasteiger partial charge in [0, 0.05) is 6.42 Å². The summed E-state index contributed by atoms with van der Waals surface area (Å²) in [5.41, 5.74) is 5.07. The molecule has 3 aromatic carbocycles. The number of benzene rings is 3. The van der Waals surface area contributed by atoms with Crippen molar-refractivity contribution in [1.82, 2.24) is 0 Å². The van der Waals surface area contributed by atoms with Gasteiger partial charge in [0.2, 0.25) is 0 Å². The molecule has 0 saturated carbocycles. The Morgan fingerprint density at radius 1 is 0.682 bits per heavy atom. The Labute approximate surface area is 130 Å². The first-order valence-corrected chi connectivity index (χ1v) is 7.27. The van der Waals surface area contributed by atoms with Crippen molar-refractivity contribution in [3.8, 4) is 11.1 Å². The van der Waals surface area contributed by atoms with Gasteiger partial charge in [0.05, 0.1) is 5.71 Å². The van der Waals surface area contributed by atoms with Crippen molar-refractivity contribution in [2.24, 2.45) is 5.16 Å². The largest absolute Gasteiger partial charge is 0.411 e. The molecule has 2 heteroatoms. The lowest BCUT2D eigenvalue weighted by Gasteiger charge is -2.07. The third-order valence-corrected chi connectivity index (χ3v) is 3.66. The number of rotatable bonds is 4. The van der Waals surface area contributed by atoms with E-state index in [1.807, 2.05) is 60.7 Å². The van der Waals surface area contributed by atoms with Crippen molar-refractivity contribution >= 4 is 5.71 Å². The van der Waals surface area contributed by atoms with E-state index in [2.05, 4.69) is 29.4 Å². The Balaban J connectivity index is 1.82. The van der Waals surface area contributed by atoms with Crippen LogP contribution in [0, 0.1) is 0 Å². The quantitative estimate of drug-likeness (QED) is 0.418. The molecule has 0 saturated heterocycles. The van der Waals surface area contributed by atoms with Crippen molar-refractivity contribution in [1.29, 1.82) is 0 Å². The molecule has 2 nitrogen and oxygen atoms in total. The fraction of sp³-hybridized carbons (Fsp3) is 0.0500. The predicted octanol–water partition coefficient (Wildman–Crippen LogP) is 4.77. The van der Waals surface area contributed by atoms with Crippen LogP contribution in [0.3, 0.4) is 0 Å². The summed E-state index contributed by atoms with van der Waals surface area (Å²) in [7, 11) is 0. The molecule has 0 fully saturated rings. The summed E-state index contributed by atoms with van der Waals surface area (Å²) in [4.78, 5) is 0. The zero-order chi connectivity index (χ0) is 15.2. The van der Waals surface area contributed by atoms with E-state index in [0.717, 1.165) is 16.7 Å². The van der Waals surface area contributed by atoms with Gasteiger partial charge in [0.1, 0.15) is 0 Å². The number of hydrogen-bond donors (Lipinski definition) is 1. The average molecular weight is 287 g/mol. The minimum atomic E-state index is 0.613. The van der Waals surface area contributed by atoms with E-state index in [9.17, 15) is 5.21 Å². The van der Waals surface area contributed by atoms with E-state index in [0.29, 0.717) is 12.1 Å². The maximum atomic E-state index is 9.32. The Morgan fingerprint density at radius 3 is 1.82 bits per heavy atom. The molecule has 0 aliphatic rings. The highest BCUT2D eigenvalue weighted by atomic mass is 16.4. The number of oxime groups is 1. The van der Waals surface area contributed by atoms with E-state index in [1.54, 1.807) is 0 Å². The summed E-state index contributed by atoms with van der Waals surface area (Å²) in [6, 6.07) is 28.4. The third-order valence-electron chi connectivity index (χ3n) is 3.66. The summed E-state index contributed by atoms with van der Waals surface area (Å²) in [5.74, 6) is 0. The predicted molar refractivity (Wildman–Crippen MR) is 90.3 cm³/mol. The second-order valence-corrected chi connectivity index (χ2v) is 5.15. The van der Waals surface area contributed by atoms with Gasteiger partial charge < -0.3 is 5.21 Å². The highest BCUT2D eigenvalue weighted by Crippen LogP contribution is 2.20. The topological polar surface area (TPSA) is 32.6 Å². The summed E-state index contributed by atoms with van der Waals surface area (Å²) in [6.07, 6.45) is 0.613. The zero-order valence-corrected chi connectivity index (χ0v) is 12.2. The summed E-state index contributed by atoms with van der Waals surface area (Å²) < 4.78 is 0. The lowest BCUT2D eigenvalue weighted by Crippen LogP contribution is -2.05. The first-order valence-electron chi connectivity index (χ1n) is 7.27. The van der Waals surface area contributed by atoms with Crippen LogP contribution in [0.1, 0.15) is 11.1 Å². The highest BCUT2D eigenvalue weighted by Gasteiger charge is 2.06. The lowest BCUT2D eigenvalue weighted by molar-refractivity contribution is 0.318. The maximum absolute atomic E-state index is 9.32. The van der Waals surface area contributed by atoms with Gasteiger partial charge in [0.15, 0.2) is 0 Å². The van der Waals surface area contributed by atoms with Gasteiger partial charge in [-0.1, -0.05) is 90.1 Å². The van der Waals surface area contributed by atoms with Gasteiger partial charge in [-0.05, 0) is 22.3 Å². The fourth-order valence-electron chi connectivity index (χ4n) is 2.47. The second kappa shape index (κ2) is 6.72. The Morgan fingerprint density at radius 2 is 1.23 bits per heavy atom. The molecule has 108 valence electrons. The Hall–Kier alpha value is -2.87. The molecule has 0 aromatic heterocycles. The highest BCUT2D eigenvalue weighted by molar-refractivity contribution is 6.01. The van der Waals surface area contributed by atoms with Crippen LogP contribution in [0.15, 0.2) is 90.1 Å². The lowest BCUT2D eigenvalue weighted by atomic mass is 9.99. The molecule has 0 aliphatic carbocycles. The molecule has 0 unspecified atom stereocenters. The second-order valence-electron chi connectivity index (χ2n) is 5.15. The van der Waals surface area contributed by atoms with E-state index < -0.39 is 0 Å². The zero-order valence-electron chi connectivity index (χ0n) is 12.2. The molecule has 0 aliphatic heterocycles. The molecule has 1 N–H and O–H groups in total. The molecule has 0 spiro atoms. The van der Waals surface area contributed by atoms with Crippen LogP contribution in [-0.4, -0.2) is 10.9 Å².